The van der Waals surface area contributed by atoms with Crippen molar-refractivity contribution in [3.05, 3.63) is 53.7 Å². The second-order valence-electron chi connectivity index (χ2n) is 8.06. The van der Waals surface area contributed by atoms with Gasteiger partial charge in [-0.05, 0) is 61.6 Å². The summed E-state index contributed by atoms with van der Waals surface area (Å²) in [5.41, 5.74) is 9.05. The minimum atomic E-state index is 0.112. The standard InChI is InChI=1S/C26H35N3O4/c1-31-23-15-19(16-24(32-2)26(23)33-3)18-29(25(30)12-8-13-27)14-7-6-9-20-17-28-22-11-5-4-10-21(20)22/h4-5,10-11,15-17,28H,6-9,12-14,18,27H2,1-3H3. The highest BCUT2D eigenvalue weighted by Gasteiger charge is 2.18. The van der Waals surface area contributed by atoms with E-state index in [1.54, 1.807) is 21.3 Å². The topological polar surface area (TPSA) is 89.8 Å². The van der Waals surface area contributed by atoms with Crippen LogP contribution in [0.25, 0.3) is 10.9 Å². The largest absolute Gasteiger partial charge is 0.493 e. The van der Waals surface area contributed by atoms with Gasteiger partial charge in [-0.25, -0.2) is 0 Å². The molecule has 1 amide bonds. The van der Waals surface area contributed by atoms with Crippen LogP contribution >= 0.6 is 0 Å². The summed E-state index contributed by atoms with van der Waals surface area (Å²) >= 11 is 0. The van der Waals surface area contributed by atoms with Gasteiger partial charge in [-0.1, -0.05) is 18.2 Å². The molecule has 0 radical (unpaired) electrons. The Bertz CT molecular complexity index is 1020. The van der Waals surface area contributed by atoms with Crippen LogP contribution < -0.4 is 19.9 Å². The van der Waals surface area contributed by atoms with E-state index in [2.05, 4.69) is 29.4 Å². The van der Waals surface area contributed by atoms with Crippen molar-refractivity contribution in [2.45, 2.75) is 38.6 Å². The molecule has 1 aromatic heterocycles. The number of H-pyrrole nitrogens is 1. The van der Waals surface area contributed by atoms with Crippen molar-refractivity contribution in [2.75, 3.05) is 34.4 Å². The summed E-state index contributed by atoms with van der Waals surface area (Å²) in [6, 6.07) is 12.1. The van der Waals surface area contributed by atoms with Crippen LogP contribution in [0.3, 0.4) is 0 Å². The molecule has 178 valence electrons. The number of nitrogens with zero attached hydrogens (tertiary/aromatic N) is 1. The average Bonchev–Trinajstić information content (AvgIpc) is 3.26. The molecule has 3 aromatic rings. The molecule has 0 aliphatic carbocycles. The minimum Gasteiger partial charge on any atom is -0.493 e. The van der Waals surface area contributed by atoms with Crippen molar-refractivity contribution in [2.24, 2.45) is 5.73 Å². The number of hydrogen-bond donors (Lipinski definition) is 2. The van der Waals surface area contributed by atoms with E-state index in [0.29, 0.717) is 49.7 Å². The maximum Gasteiger partial charge on any atom is 0.222 e. The van der Waals surface area contributed by atoms with Crippen LogP contribution in [0.15, 0.2) is 42.6 Å². The number of amides is 1. The molecule has 0 saturated carbocycles. The number of nitrogens with one attached hydrogen (secondary N) is 1. The lowest BCUT2D eigenvalue weighted by Gasteiger charge is -2.24. The van der Waals surface area contributed by atoms with Gasteiger partial charge < -0.3 is 29.8 Å². The molecule has 0 aliphatic rings. The van der Waals surface area contributed by atoms with E-state index in [0.717, 1.165) is 30.3 Å². The average molecular weight is 454 g/mol. The molecule has 3 N–H and O–H groups in total. The summed E-state index contributed by atoms with van der Waals surface area (Å²) in [5, 5.41) is 1.27. The first kappa shape index (κ1) is 24.5. The van der Waals surface area contributed by atoms with Gasteiger partial charge in [0.1, 0.15) is 0 Å². The number of carbonyl (C=O) groups excluding carboxylic acids is 1. The quantitative estimate of drug-likeness (QED) is 0.377. The Kier molecular flexibility index (Phi) is 9.01. The zero-order chi connectivity index (χ0) is 23.6. The van der Waals surface area contributed by atoms with Crippen LogP contribution in [-0.2, 0) is 17.8 Å². The first-order valence-corrected chi connectivity index (χ1v) is 11.4. The highest BCUT2D eigenvalue weighted by atomic mass is 16.5. The molecule has 0 atom stereocenters. The van der Waals surface area contributed by atoms with E-state index in [4.69, 9.17) is 19.9 Å². The van der Waals surface area contributed by atoms with Crippen LogP contribution in [0, 0.1) is 0 Å². The van der Waals surface area contributed by atoms with Crippen molar-refractivity contribution in [3.63, 3.8) is 0 Å². The molecule has 0 aliphatic heterocycles. The zero-order valence-corrected chi connectivity index (χ0v) is 19.9. The Morgan fingerprint density at radius 3 is 2.39 bits per heavy atom. The van der Waals surface area contributed by atoms with Crippen LogP contribution in [0.4, 0.5) is 0 Å². The molecular weight excluding hydrogens is 418 g/mol. The van der Waals surface area contributed by atoms with Crippen LogP contribution in [0.5, 0.6) is 17.2 Å². The maximum absolute atomic E-state index is 12.9. The van der Waals surface area contributed by atoms with Crippen LogP contribution in [0.2, 0.25) is 0 Å². The number of unbranched alkanes of at least 4 members (excludes halogenated alkanes) is 1. The third-order valence-corrected chi connectivity index (χ3v) is 5.84. The number of ether oxygens (including phenoxy) is 3. The summed E-state index contributed by atoms with van der Waals surface area (Å²) in [5.74, 6) is 1.82. The molecule has 0 spiro atoms. The number of methoxy groups -OCH3 is 3. The predicted molar refractivity (Wildman–Crippen MR) is 131 cm³/mol. The second kappa shape index (κ2) is 12.2. The van der Waals surface area contributed by atoms with E-state index in [1.807, 2.05) is 23.1 Å². The Balaban J connectivity index is 1.67. The first-order valence-electron chi connectivity index (χ1n) is 11.4. The maximum atomic E-state index is 12.9. The molecule has 2 aromatic carbocycles. The fraction of sp³-hybridized carbons (Fsp3) is 0.423. The summed E-state index contributed by atoms with van der Waals surface area (Å²) in [7, 11) is 4.77. The number of fused-ring (bicyclic) bond motifs is 1. The third-order valence-electron chi connectivity index (χ3n) is 5.84. The molecule has 33 heavy (non-hydrogen) atoms. The summed E-state index contributed by atoms with van der Waals surface area (Å²) in [6.07, 6.45) is 6.10. The molecule has 0 bridgehead atoms. The van der Waals surface area contributed by atoms with Gasteiger partial charge in [-0.2, -0.15) is 0 Å². The zero-order valence-electron chi connectivity index (χ0n) is 19.9. The number of hydrogen-bond acceptors (Lipinski definition) is 5. The first-order chi connectivity index (χ1) is 16.1. The van der Waals surface area contributed by atoms with Crippen molar-refractivity contribution in [3.8, 4) is 17.2 Å². The van der Waals surface area contributed by atoms with Gasteiger partial charge in [0.2, 0.25) is 11.7 Å². The van der Waals surface area contributed by atoms with Crippen molar-refractivity contribution < 1.29 is 19.0 Å². The smallest absolute Gasteiger partial charge is 0.222 e. The molecule has 1 heterocycles. The van der Waals surface area contributed by atoms with E-state index in [1.165, 1.54) is 10.9 Å². The molecule has 0 fully saturated rings. The number of benzene rings is 2. The van der Waals surface area contributed by atoms with Gasteiger partial charge in [0.25, 0.3) is 0 Å². The second-order valence-corrected chi connectivity index (χ2v) is 8.06. The fourth-order valence-corrected chi connectivity index (χ4v) is 4.11. The van der Waals surface area contributed by atoms with Gasteiger partial charge >= 0.3 is 0 Å². The molecular formula is C26H35N3O4. The number of carbonyl (C=O) groups is 1. The lowest BCUT2D eigenvalue weighted by atomic mass is 10.1. The molecule has 0 saturated heterocycles. The Hall–Kier alpha value is -3.19. The highest BCUT2D eigenvalue weighted by Crippen LogP contribution is 2.38. The molecule has 3 rings (SSSR count). The Morgan fingerprint density at radius 2 is 1.73 bits per heavy atom. The number of aryl methyl sites for hydroxylation is 1. The number of nitrogens with two attached hydrogens (primary N) is 1. The predicted octanol–water partition coefficient (Wildman–Crippen LogP) is 4.28. The molecule has 7 heteroatoms. The summed E-state index contributed by atoms with van der Waals surface area (Å²) in [6.45, 7) is 1.67. The van der Waals surface area contributed by atoms with Gasteiger partial charge in [0.05, 0.1) is 21.3 Å². The van der Waals surface area contributed by atoms with Crippen molar-refractivity contribution in [1.29, 1.82) is 0 Å². The number of aromatic nitrogens is 1. The Labute approximate surface area is 195 Å². The monoisotopic (exact) mass is 453 g/mol. The van der Waals surface area contributed by atoms with Crippen molar-refractivity contribution >= 4 is 16.8 Å². The van der Waals surface area contributed by atoms with Crippen molar-refractivity contribution in [1.82, 2.24) is 9.88 Å². The van der Waals surface area contributed by atoms with Gasteiger partial charge in [-0.3, -0.25) is 4.79 Å². The summed E-state index contributed by atoms with van der Waals surface area (Å²) in [4.78, 5) is 18.2. The SMILES string of the molecule is COc1cc(CN(CCCCc2c[nH]c3ccccc23)C(=O)CCCN)cc(OC)c1OC. The lowest BCUT2D eigenvalue weighted by molar-refractivity contribution is -0.132. The lowest BCUT2D eigenvalue weighted by Crippen LogP contribution is -2.31. The number of aromatic amines is 1. The van der Waals surface area contributed by atoms with Gasteiger partial charge in [0, 0.05) is 36.6 Å². The highest BCUT2D eigenvalue weighted by molar-refractivity contribution is 5.83. The molecule has 0 unspecified atom stereocenters. The van der Waals surface area contributed by atoms with E-state index < -0.39 is 0 Å². The normalized spacial score (nSPS) is 10.9. The minimum absolute atomic E-state index is 0.112. The van der Waals surface area contributed by atoms with E-state index >= 15 is 0 Å². The van der Waals surface area contributed by atoms with Crippen LogP contribution in [0.1, 0.15) is 36.8 Å². The Morgan fingerprint density at radius 1 is 1.00 bits per heavy atom. The number of para-hydroxylation sites is 1. The number of rotatable bonds is 13. The van der Waals surface area contributed by atoms with Gasteiger partial charge in [-0.15, -0.1) is 0 Å². The third kappa shape index (κ3) is 6.20. The molecule has 7 nitrogen and oxygen atoms in total. The van der Waals surface area contributed by atoms with E-state index in [-0.39, 0.29) is 5.91 Å². The van der Waals surface area contributed by atoms with Gasteiger partial charge in [0.15, 0.2) is 11.5 Å². The van der Waals surface area contributed by atoms with E-state index in [9.17, 15) is 4.79 Å². The van der Waals surface area contributed by atoms with Crippen LogP contribution in [-0.4, -0.2) is 50.2 Å². The fourth-order valence-electron chi connectivity index (χ4n) is 4.11. The summed E-state index contributed by atoms with van der Waals surface area (Å²) < 4.78 is 16.4.